The first kappa shape index (κ1) is 68.0. The van der Waals surface area contributed by atoms with Crippen LogP contribution in [0.4, 0.5) is 15.3 Å². The lowest BCUT2D eigenvalue weighted by Gasteiger charge is -2.39. The maximum absolute atomic E-state index is 13.1. The number of amides is 5. The molecule has 0 aromatic heterocycles. The number of thioether (sulfide) groups is 1. The summed E-state index contributed by atoms with van der Waals surface area (Å²) in [5, 5.41) is 83.3. The number of carbonyl (C=O) groups is 7. The molecular formula is C50H80N10O22S. The third-order valence-electron chi connectivity index (χ3n) is 14.1. The standard InChI is InChI=1S/C50H80N10O22S/c1-55(40(64)5-3-2-4-38-42-35(30-83-38)52-49(72)54-42)19-21-77-23-25-78-24-22-76-20-8-39(63)53-46(47(70)71)59-17-15-57(27-41(65)66)13-11-56(12-14-58(16-18-59)31-79-32-62)10-9-51-50(73)80-29-33-6-7-34(26-36(33)60(74)75)81-48-45(69)44(68)43(67)37(28-61)82-48/h6-7,26,32,35,37-38,42-46,48,61,67-69H,2-5,8-25,27-31H2,1H3,(H,51,73)(H,53,63)(H,65,66)(H,70,71)(H2,52,54,72). The Bertz CT molecular complexity index is 2250. The lowest BCUT2D eigenvalue weighted by Crippen LogP contribution is -2.60. The van der Waals surface area contributed by atoms with Gasteiger partial charge in [0.05, 0.1) is 87.9 Å². The van der Waals surface area contributed by atoms with Gasteiger partial charge in [-0.3, -0.25) is 48.9 Å². The molecule has 10 N–H and O–H groups in total. The van der Waals surface area contributed by atoms with Crippen LogP contribution < -0.4 is 26.0 Å². The average molecular weight is 1210 g/mol. The SMILES string of the molecule is CN(CCOCCOCCOCCC(=O)NC(C(=O)O)N1CCN(COC=O)CCN(CCNC(=O)OCc2ccc(OC3OC(CO)C(O)C(O)C3O)cc2[N+](=O)[O-])CCN(CC(=O)O)CC1)C(=O)CCCCC1SCC2NC(=O)NC21. The number of hydrogen-bond donors (Lipinski definition) is 10. The number of ether oxygens (including phenoxy) is 7. The number of alkyl carbamates (subject to hydrolysis) is 1. The molecule has 0 saturated carbocycles. The first-order valence-electron chi connectivity index (χ1n) is 27.4. The number of hydrogen-bond acceptors (Lipinski definition) is 25. The van der Waals surface area contributed by atoms with E-state index in [2.05, 4.69) is 21.3 Å². The summed E-state index contributed by atoms with van der Waals surface area (Å²) in [7, 11) is 1.74. The molecule has 4 fully saturated rings. The molecule has 9 atom stereocenters. The van der Waals surface area contributed by atoms with Crippen molar-refractivity contribution in [3.63, 3.8) is 0 Å². The highest BCUT2D eigenvalue weighted by atomic mass is 32.2. The summed E-state index contributed by atoms with van der Waals surface area (Å²) < 4.78 is 37.8. The van der Waals surface area contributed by atoms with E-state index in [-0.39, 0.29) is 140 Å². The van der Waals surface area contributed by atoms with Crippen LogP contribution in [0.3, 0.4) is 0 Å². The minimum Gasteiger partial charge on any atom is -0.480 e. The molecule has 0 bridgehead atoms. The molecule has 4 aliphatic heterocycles. The molecule has 0 radical (unpaired) electrons. The number of aliphatic carboxylic acids is 2. The Morgan fingerprint density at radius 3 is 2.25 bits per heavy atom. The van der Waals surface area contributed by atoms with Crippen LogP contribution in [-0.2, 0) is 59.0 Å². The highest BCUT2D eigenvalue weighted by Gasteiger charge is 2.45. The molecule has 1 aromatic carbocycles. The van der Waals surface area contributed by atoms with Crippen LogP contribution in [0, 0.1) is 10.1 Å². The molecule has 4 saturated heterocycles. The van der Waals surface area contributed by atoms with E-state index in [1.165, 1.54) is 17.0 Å². The van der Waals surface area contributed by atoms with Gasteiger partial charge in [-0.2, -0.15) is 11.8 Å². The van der Waals surface area contributed by atoms with E-state index in [0.29, 0.717) is 38.0 Å². The zero-order chi connectivity index (χ0) is 60.3. The third kappa shape index (κ3) is 23.3. The fraction of sp³-hybridized carbons (Fsp3) is 0.740. The first-order chi connectivity index (χ1) is 39.9. The Morgan fingerprint density at radius 1 is 0.892 bits per heavy atom. The summed E-state index contributed by atoms with van der Waals surface area (Å²) in [6.07, 6.45) is -7.62. The molecular weight excluding hydrogens is 1120 g/mol. The first-order valence-corrected chi connectivity index (χ1v) is 28.4. The summed E-state index contributed by atoms with van der Waals surface area (Å²) in [6, 6.07) is 3.70. The van der Waals surface area contributed by atoms with Crippen molar-refractivity contribution in [2.75, 3.05) is 144 Å². The molecule has 4 aliphatic rings. The third-order valence-corrected chi connectivity index (χ3v) is 15.7. The van der Waals surface area contributed by atoms with Crippen LogP contribution in [0.25, 0.3) is 0 Å². The highest BCUT2D eigenvalue weighted by molar-refractivity contribution is 8.00. The number of likely N-dealkylation sites (N-methyl/N-ethyl adjacent to an activating group) is 1. The van der Waals surface area contributed by atoms with Crippen LogP contribution in [0.5, 0.6) is 5.75 Å². The molecule has 4 heterocycles. The summed E-state index contributed by atoms with van der Waals surface area (Å²) in [6.45, 7) is 1.53. The molecule has 5 amide bonds. The second kappa shape index (κ2) is 36.1. The number of rotatable bonds is 34. The number of nitrogens with one attached hydrogen (secondary N) is 4. The van der Waals surface area contributed by atoms with Gasteiger partial charge in [0.15, 0.2) is 6.17 Å². The smallest absolute Gasteiger partial charge is 0.407 e. The maximum atomic E-state index is 13.1. The Labute approximate surface area is 483 Å². The molecule has 1 aromatic rings. The van der Waals surface area contributed by atoms with Gasteiger partial charge in [-0.05, 0) is 25.0 Å². The van der Waals surface area contributed by atoms with Crippen molar-refractivity contribution in [2.24, 2.45) is 0 Å². The molecule has 32 nitrogen and oxygen atoms in total. The Kier molecular flexibility index (Phi) is 29.6. The number of unbranched alkanes of at least 4 members (excludes halogenated alkanes) is 1. The summed E-state index contributed by atoms with van der Waals surface area (Å²) in [4.78, 5) is 105. The van der Waals surface area contributed by atoms with Crippen molar-refractivity contribution in [3.05, 3.63) is 33.9 Å². The number of aliphatic hydroxyl groups is 4. The predicted molar refractivity (Wildman–Crippen MR) is 290 cm³/mol. The van der Waals surface area contributed by atoms with Crippen molar-refractivity contribution in [1.82, 2.24) is 45.8 Å². The molecule has 0 spiro atoms. The topological polar surface area (TPSA) is 413 Å². The monoisotopic (exact) mass is 1200 g/mol. The van der Waals surface area contributed by atoms with E-state index in [1.807, 2.05) is 16.7 Å². The van der Waals surface area contributed by atoms with E-state index in [9.17, 15) is 74.3 Å². The summed E-state index contributed by atoms with van der Waals surface area (Å²) >= 11 is 1.86. The van der Waals surface area contributed by atoms with E-state index in [1.54, 1.807) is 21.7 Å². The van der Waals surface area contributed by atoms with Crippen LogP contribution in [0.1, 0.15) is 37.7 Å². The van der Waals surface area contributed by atoms with Crippen LogP contribution in [0.2, 0.25) is 0 Å². The van der Waals surface area contributed by atoms with Crippen molar-refractivity contribution in [3.8, 4) is 5.75 Å². The summed E-state index contributed by atoms with van der Waals surface area (Å²) in [5.74, 6) is -2.35. The van der Waals surface area contributed by atoms with Crippen molar-refractivity contribution in [2.45, 2.75) is 92.9 Å². The molecule has 5 rings (SSSR count). The number of nitro groups is 1. The van der Waals surface area contributed by atoms with Gasteiger partial charge < -0.3 is 90.0 Å². The fourth-order valence-corrected chi connectivity index (χ4v) is 10.9. The number of carbonyl (C=O) groups excluding carboxylic acids is 5. The average Bonchev–Trinajstić information content (AvgIpc) is 4.15. The van der Waals surface area contributed by atoms with Gasteiger partial charge in [0.25, 0.3) is 12.2 Å². The lowest BCUT2D eigenvalue weighted by molar-refractivity contribution is -0.386. The molecule has 83 heavy (non-hydrogen) atoms. The van der Waals surface area contributed by atoms with Gasteiger partial charge in [-0.15, -0.1) is 0 Å². The molecule has 9 unspecified atom stereocenters. The van der Waals surface area contributed by atoms with Crippen LogP contribution in [-0.4, -0.2) is 301 Å². The molecule has 33 heteroatoms. The largest absolute Gasteiger partial charge is 0.480 e. The van der Waals surface area contributed by atoms with E-state index >= 15 is 0 Å². The Hall–Kier alpha value is -5.82. The number of nitro benzene ring substituents is 1. The predicted octanol–water partition coefficient (Wildman–Crippen LogP) is -3.41. The van der Waals surface area contributed by atoms with Gasteiger partial charge in [0, 0.05) is 96.5 Å². The van der Waals surface area contributed by atoms with Gasteiger partial charge in [-0.1, -0.05) is 6.42 Å². The number of nitrogens with zero attached hydrogens (tertiary/aromatic N) is 6. The normalized spacial score (nSPS) is 24.2. The van der Waals surface area contributed by atoms with Crippen LogP contribution in [0.15, 0.2) is 18.2 Å². The van der Waals surface area contributed by atoms with Crippen molar-refractivity contribution < 1.29 is 102 Å². The molecule has 0 aliphatic carbocycles. The zero-order valence-corrected chi connectivity index (χ0v) is 47.2. The highest BCUT2D eigenvalue weighted by Crippen LogP contribution is 2.33. The number of urea groups is 1. The minimum absolute atomic E-state index is 0.00216. The number of carboxylic acids is 2. The number of benzene rings is 1. The van der Waals surface area contributed by atoms with E-state index < -0.39 is 91.2 Å². The minimum atomic E-state index is -1.77. The number of carboxylic acid groups (broad SMARTS) is 2. The Morgan fingerprint density at radius 2 is 1.57 bits per heavy atom. The maximum Gasteiger partial charge on any atom is 0.407 e. The quantitative estimate of drug-likeness (QED) is 0.0106. The zero-order valence-electron chi connectivity index (χ0n) is 46.4. The van der Waals surface area contributed by atoms with Crippen LogP contribution >= 0.6 is 11.8 Å². The fourth-order valence-electron chi connectivity index (χ4n) is 9.39. The van der Waals surface area contributed by atoms with E-state index in [0.717, 1.165) is 31.1 Å². The number of aliphatic hydroxyl groups excluding tert-OH is 4. The Balaban J connectivity index is 0.993. The van der Waals surface area contributed by atoms with E-state index in [4.69, 9.17) is 33.2 Å². The van der Waals surface area contributed by atoms with Gasteiger partial charge in [-0.25, -0.2) is 14.4 Å². The second-order valence-corrected chi connectivity index (χ2v) is 21.3. The summed E-state index contributed by atoms with van der Waals surface area (Å²) in [5.41, 5.74) is -0.559. The van der Waals surface area contributed by atoms with Gasteiger partial charge >= 0.3 is 24.1 Å². The van der Waals surface area contributed by atoms with Crippen molar-refractivity contribution in [1.29, 1.82) is 0 Å². The van der Waals surface area contributed by atoms with Gasteiger partial charge in [0.2, 0.25) is 18.1 Å². The second-order valence-electron chi connectivity index (χ2n) is 20.0. The van der Waals surface area contributed by atoms with Gasteiger partial charge in [0.1, 0.15) is 43.5 Å². The molecule has 468 valence electrons. The van der Waals surface area contributed by atoms with Crippen molar-refractivity contribution >= 4 is 59.8 Å². The lowest BCUT2D eigenvalue weighted by atomic mass is 9.99. The number of fused-ring (bicyclic) bond motifs is 1.